The van der Waals surface area contributed by atoms with Gasteiger partial charge in [-0.1, -0.05) is 6.07 Å². The lowest BCUT2D eigenvalue weighted by molar-refractivity contribution is -0.131. The molecule has 220 valence electrons. The quantitative estimate of drug-likeness (QED) is 0.297. The normalized spacial score (nSPS) is 19.7. The molecule has 2 saturated heterocycles. The van der Waals surface area contributed by atoms with Crippen LogP contribution in [-0.2, 0) is 14.4 Å². The number of nitrogens with zero attached hydrogens (tertiary/aromatic N) is 6. The number of nitriles is 2. The second-order valence-corrected chi connectivity index (χ2v) is 11.2. The molecule has 5 amide bonds. The molecule has 0 spiro atoms. The van der Waals surface area contributed by atoms with E-state index in [2.05, 4.69) is 10.6 Å². The van der Waals surface area contributed by atoms with Gasteiger partial charge in [0, 0.05) is 64.1 Å². The Balaban J connectivity index is 1.50. The Morgan fingerprint density at radius 1 is 1.22 bits per heavy atom. The van der Waals surface area contributed by atoms with Crippen LogP contribution in [-0.4, -0.2) is 108 Å². The van der Waals surface area contributed by atoms with Crippen LogP contribution < -0.4 is 21.3 Å². The van der Waals surface area contributed by atoms with Gasteiger partial charge in [-0.3, -0.25) is 19.3 Å². The van der Waals surface area contributed by atoms with E-state index in [1.54, 1.807) is 21.7 Å². The van der Waals surface area contributed by atoms with Gasteiger partial charge < -0.3 is 31.1 Å². The molecule has 0 radical (unpaired) electrons. The summed E-state index contributed by atoms with van der Waals surface area (Å²) in [6.45, 7) is 5.11. The molecular formula is C27H37N9O4S. The Labute approximate surface area is 244 Å². The number of carbonyl (C=O) groups excluding carboxylic acids is 4. The lowest BCUT2D eigenvalue weighted by Crippen LogP contribution is -2.52. The zero-order valence-electron chi connectivity index (χ0n) is 23.4. The molecule has 3 rings (SSSR count). The Morgan fingerprint density at radius 3 is 2.59 bits per heavy atom. The van der Waals surface area contributed by atoms with Gasteiger partial charge in [-0.05, 0) is 31.5 Å². The SMILES string of the molecule is CCN1C(=O)C(CCNc2cccc(N(C)C(=O)CN3CCN(C(N)=O)CC3)c2)SC1CC(C#N)C(=O)NCC#N. The third-order valence-electron chi connectivity index (χ3n) is 7.21. The first-order valence-electron chi connectivity index (χ1n) is 13.6. The van der Waals surface area contributed by atoms with Crippen molar-refractivity contribution >= 4 is 46.9 Å². The Bertz CT molecular complexity index is 1190. The smallest absolute Gasteiger partial charge is 0.314 e. The van der Waals surface area contributed by atoms with E-state index in [-0.39, 0.29) is 41.9 Å². The maximum Gasteiger partial charge on any atom is 0.314 e. The van der Waals surface area contributed by atoms with Crippen molar-refractivity contribution in [3.8, 4) is 12.1 Å². The molecule has 2 fully saturated rings. The first kappa shape index (κ1) is 31.5. The molecule has 1 aromatic rings. The zero-order chi connectivity index (χ0) is 29.9. The van der Waals surface area contributed by atoms with Crippen LogP contribution in [0.4, 0.5) is 16.2 Å². The number of carbonyl (C=O) groups is 4. The van der Waals surface area contributed by atoms with Gasteiger partial charge in [-0.25, -0.2) is 4.79 Å². The highest BCUT2D eigenvalue weighted by Gasteiger charge is 2.40. The van der Waals surface area contributed by atoms with Gasteiger partial charge in [-0.15, -0.1) is 11.8 Å². The average Bonchev–Trinajstić information content (AvgIpc) is 3.27. The van der Waals surface area contributed by atoms with E-state index in [9.17, 15) is 24.4 Å². The minimum atomic E-state index is -0.943. The number of hydrogen-bond acceptors (Lipinski definition) is 9. The average molecular weight is 584 g/mol. The van der Waals surface area contributed by atoms with E-state index in [1.807, 2.05) is 48.2 Å². The lowest BCUT2D eigenvalue weighted by atomic mass is 10.1. The molecule has 13 nitrogen and oxygen atoms in total. The maximum absolute atomic E-state index is 13.0. The number of rotatable bonds is 12. The molecule has 0 aliphatic carbocycles. The highest BCUT2D eigenvalue weighted by molar-refractivity contribution is 8.01. The molecule has 0 bridgehead atoms. The summed E-state index contributed by atoms with van der Waals surface area (Å²) < 4.78 is 0. The first-order valence-corrected chi connectivity index (χ1v) is 14.5. The fraction of sp³-hybridized carbons (Fsp3) is 0.556. The van der Waals surface area contributed by atoms with Crippen molar-refractivity contribution in [2.45, 2.75) is 30.4 Å². The molecule has 2 aliphatic rings. The monoisotopic (exact) mass is 583 g/mol. The molecule has 4 N–H and O–H groups in total. The van der Waals surface area contributed by atoms with Gasteiger partial charge in [-0.2, -0.15) is 10.5 Å². The van der Waals surface area contributed by atoms with E-state index in [0.717, 1.165) is 11.4 Å². The van der Waals surface area contributed by atoms with E-state index in [4.69, 9.17) is 11.0 Å². The molecule has 3 unspecified atom stereocenters. The van der Waals surface area contributed by atoms with Crippen LogP contribution in [0.1, 0.15) is 19.8 Å². The summed E-state index contributed by atoms with van der Waals surface area (Å²) in [5.74, 6) is -1.53. The Morgan fingerprint density at radius 2 is 1.95 bits per heavy atom. The number of benzene rings is 1. The van der Waals surface area contributed by atoms with Crippen molar-refractivity contribution in [2.24, 2.45) is 11.7 Å². The van der Waals surface area contributed by atoms with Gasteiger partial charge in [0.05, 0.1) is 29.3 Å². The van der Waals surface area contributed by atoms with E-state index < -0.39 is 17.9 Å². The topological polar surface area (TPSA) is 179 Å². The number of hydrogen-bond donors (Lipinski definition) is 3. The standard InChI is InChI=1S/C27H37N9O4S/c1-3-36-24(15-19(17-29)25(38)32-10-8-28)41-22(26(36)39)7-9-31-20-5-4-6-21(16-20)33(2)23(37)18-34-11-13-35(14-12-34)27(30)40/h4-6,16,19,22,24,31H,3,7,9-15,18H2,1-2H3,(H2,30,40)(H,32,38). The summed E-state index contributed by atoms with van der Waals surface area (Å²) in [5.41, 5.74) is 6.88. The van der Waals surface area contributed by atoms with Crippen molar-refractivity contribution in [3.05, 3.63) is 24.3 Å². The molecular weight excluding hydrogens is 546 g/mol. The van der Waals surface area contributed by atoms with Crippen LogP contribution in [0.2, 0.25) is 0 Å². The van der Waals surface area contributed by atoms with Crippen LogP contribution >= 0.6 is 11.8 Å². The number of nitrogens with one attached hydrogen (secondary N) is 2. The van der Waals surface area contributed by atoms with Crippen LogP contribution in [0.3, 0.4) is 0 Å². The summed E-state index contributed by atoms with van der Waals surface area (Å²) in [7, 11) is 1.73. The second kappa shape index (κ2) is 15.1. The van der Waals surface area contributed by atoms with Gasteiger partial charge >= 0.3 is 6.03 Å². The zero-order valence-corrected chi connectivity index (χ0v) is 24.2. The fourth-order valence-electron chi connectivity index (χ4n) is 4.79. The highest BCUT2D eigenvalue weighted by atomic mass is 32.2. The molecule has 1 aromatic carbocycles. The number of primary amides is 1. The van der Waals surface area contributed by atoms with E-state index >= 15 is 0 Å². The van der Waals surface area contributed by atoms with Crippen molar-refractivity contribution in [1.29, 1.82) is 10.5 Å². The Kier molecular flexibility index (Phi) is 11.6. The summed E-state index contributed by atoms with van der Waals surface area (Å²) in [6, 6.07) is 10.9. The molecule has 2 heterocycles. The number of thioether (sulfide) groups is 1. The van der Waals surface area contributed by atoms with Gasteiger partial charge in [0.15, 0.2) is 0 Å². The predicted octanol–water partition coefficient (Wildman–Crippen LogP) is 0.607. The molecule has 3 atom stereocenters. The number of amides is 5. The third kappa shape index (κ3) is 8.49. The first-order chi connectivity index (χ1) is 19.7. The summed E-state index contributed by atoms with van der Waals surface area (Å²) >= 11 is 1.46. The van der Waals surface area contributed by atoms with Gasteiger partial charge in [0.2, 0.25) is 17.7 Å². The molecule has 2 aliphatic heterocycles. The van der Waals surface area contributed by atoms with Crippen molar-refractivity contribution in [3.63, 3.8) is 0 Å². The number of anilines is 2. The number of urea groups is 1. The van der Waals surface area contributed by atoms with E-state index in [1.165, 1.54) is 11.8 Å². The number of nitrogens with two attached hydrogens (primary N) is 1. The van der Waals surface area contributed by atoms with Crippen molar-refractivity contribution < 1.29 is 19.2 Å². The summed E-state index contributed by atoms with van der Waals surface area (Å²) in [6.07, 6.45) is 0.746. The second-order valence-electron chi connectivity index (χ2n) is 9.82. The minimum absolute atomic E-state index is 0.0193. The Hall–Kier alpha value is -4.01. The molecule has 14 heteroatoms. The summed E-state index contributed by atoms with van der Waals surface area (Å²) in [4.78, 5) is 56.3. The van der Waals surface area contributed by atoms with Crippen LogP contribution in [0.25, 0.3) is 0 Å². The van der Waals surface area contributed by atoms with E-state index in [0.29, 0.717) is 45.7 Å². The van der Waals surface area contributed by atoms with Crippen LogP contribution in [0.5, 0.6) is 0 Å². The predicted molar refractivity (Wildman–Crippen MR) is 155 cm³/mol. The third-order valence-corrected chi connectivity index (χ3v) is 8.73. The number of likely N-dealkylation sites (N-methyl/N-ethyl adjacent to an activating group) is 1. The summed E-state index contributed by atoms with van der Waals surface area (Å²) in [5, 5.41) is 23.3. The molecule has 0 aromatic heterocycles. The lowest BCUT2D eigenvalue weighted by Gasteiger charge is -2.34. The number of piperazine rings is 1. The molecule has 0 saturated carbocycles. The largest absolute Gasteiger partial charge is 0.385 e. The van der Waals surface area contributed by atoms with Crippen molar-refractivity contribution in [1.82, 2.24) is 20.0 Å². The van der Waals surface area contributed by atoms with Crippen molar-refractivity contribution in [2.75, 3.05) is 69.6 Å². The van der Waals surface area contributed by atoms with Crippen LogP contribution in [0.15, 0.2) is 24.3 Å². The molecule has 41 heavy (non-hydrogen) atoms. The highest BCUT2D eigenvalue weighted by Crippen LogP contribution is 2.37. The maximum atomic E-state index is 13.0. The van der Waals surface area contributed by atoms with Crippen LogP contribution in [0, 0.1) is 28.6 Å². The minimum Gasteiger partial charge on any atom is -0.385 e. The van der Waals surface area contributed by atoms with Gasteiger partial charge in [0.25, 0.3) is 0 Å². The fourth-order valence-corrected chi connectivity index (χ4v) is 6.38. The van der Waals surface area contributed by atoms with Gasteiger partial charge in [0.1, 0.15) is 12.5 Å².